The van der Waals surface area contributed by atoms with Gasteiger partial charge in [0.25, 0.3) is 0 Å². The summed E-state index contributed by atoms with van der Waals surface area (Å²) in [6.07, 6.45) is 0. The highest BCUT2D eigenvalue weighted by atomic mass is 35.5. The molecule has 0 saturated carbocycles. The van der Waals surface area contributed by atoms with E-state index in [0.717, 1.165) is 42.5 Å². The summed E-state index contributed by atoms with van der Waals surface area (Å²) in [5, 5.41) is 0.810. The Morgan fingerprint density at radius 2 is 1.74 bits per heavy atom. The van der Waals surface area contributed by atoms with E-state index in [0.29, 0.717) is 0 Å². The van der Waals surface area contributed by atoms with E-state index in [1.807, 2.05) is 13.0 Å². The van der Waals surface area contributed by atoms with Gasteiger partial charge in [0.05, 0.1) is 10.7 Å². The van der Waals surface area contributed by atoms with Gasteiger partial charge in [-0.25, -0.2) is 0 Å². The molecule has 3 nitrogen and oxygen atoms in total. The minimum Gasteiger partial charge on any atom is -0.368 e. The van der Waals surface area contributed by atoms with Gasteiger partial charge in [-0.3, -0.25) is 0 Å². The first-order valence-electron chi connectivity index (χ1n) is 6.06. The number of likely N-dealkylation sites (N-methyl/N-ethyl adjacent to an activating group) is 1. The third kappa shape index (κ3) is 4.69. The molecule has 0 bridgehead atoms. The lowest BCUT2D eigenvalue weighted by atomic mass is 10.1. The maximum absolute atomic E-state index is 6.33. The van der Waals surface area contributed by atoms with Crippen molar-refractivity contribution >= 4 is 42.1 Å². The molecule has 6 heteroatoms. The molecule has 1 aliphatic rings. The fourth-order valence-corrected chi connectivity index (χ4v) is 2.42. The summed E-state index contributed by atoms with van der Waals surface area (Å²) in [6, 6.07) is 6.19. The molecular formula is C13H22Cl3N3. The largest absolute Gasteiger partial charge is 0.368 e. The summed E-state index contributed by atoms with van der Waals surface area (Å²) in [4.78, 5) is 4.67. The smallest absolute Gasteiger partial charge is 0.0642 e. The Labute approximate surface area is 132 Å². The Kier molecular flexibility index (Phi) is 8.09. The van der Waals surface area contributed by atoms with Crippen molar-refractivity contribution in [2.45, 2.75) is 13.0 Å². The average molecular weight is 327 g/mol. The summed E-state index contributed by atoms with van der Waals surface area (Å²) in [7, 11) is 2.15. The van der Waals surface area contributed by atoms with Crippen LogP contribution in [0.3, 0.4) is 0 Å². The second-order valence-electron chi connectivity index (χ2n) is 4.79. The van der Waals surface area contributed by atoms with Gasteiger partial charge in [-0.1, -0.05) is 17.7 Å². The molecule has 1 aromatic carbocycles. The van der Waals surface area contributed by atoms with E-state index < -0.39 is 0 Å². The van der Waals surface area contributed by atoms with Gasteiger partial charge in [0, 0.05) is 32.2 Å². The highest BCUT2D eigenvalue weighted by Crippen LogP contribution is 2.29. The van der Waals surface area contributed by atoms with Crippen LogP contribution in [0.2, 0.25) is 5.02 Å². The monoisotopic (exact) mass is 325 g/mol. The molecule has 1 aliphatic heterocycles. The predicted molar refractivity (Wildman–Crippen MR) is 88.3 cm³/mol. The molecule has 1 atom stereocenters. The van der Waals surface area contributed by atoms with Gasteiger partial charge >= 0.3 is 0 Å². The van der Waals surface area contributed by atoms with Crippen molar-refractivity contribution < 1.29 is 0 Å². The molecule has 1 unspecified atom stereocenters. The molecule has 1 aromatic rings. The van der Waals surface area contributed by atoms with E-state index in [1.54, 1.807) is 0 Å². The molecule has 0 aliphatic carbocycles. The van der Waals surface area contributed by atoms with Crippen LogP contribution in [0.5, 0.6) is 0 Å². The Balaban J connectivity index is 0.00000162. The number of benzene rings is 1. The van der Waals surface area contributed by atoms with Gasteiger partial charge in [-0.2, -0.15) is 0 Å². The van der Waals surface area contributed by atoms with Gasteiger partial charge in [0.15, 0.2) is 0 Å². The number of anilines is 1. The van der Waals surface area contributed by atoms with Crippen molar-refractivity contribution in [2.24, 2.45) is 5.73 Å². The van der Waals surface area contributed by atoms with Gasteiger partial charge in [-0.05, 0) is 31.7 Å². The maximum atomic E-state index is 6.33. The number of hydrogen-bond acceptors (Lipinski definition) is 3. The molecular weight excluding hydrogens is 305 g/mol. The van der Waals surface area contributed by atoms with Crippen LogP contribution in [-0.4, -0.2) is 38.1 Å². The quantitative estimate of drug-likeness (QED) is 0.907. The van der Waals surface area contributed by atoms with Gasteiger partial charge in [0.2, 0.25) is 0 Å². The number of nitrogens with zero attached hydrogens (tertiary/aromatic N) is 2. The fourth-order valence-electron chi connectivity index (χ4n) is 2.11. The van der Waals surface area contributed by atoms with Crippen LogP contribution in [0.4, 0.5) is 5.69 Å². The van der Waals surface area contributed by atoms with E-state index in [2.05, 4.69) is 29.0 Å². The van der Waals surface area contributed by atoms with Crippen molar-refractivity contribution in [3.8, 4) is 0 Å². The van der Waals surface area contributed by atoms with Crippen molar-refractivity contribution in [1.29, 1.82) is 0 Å². The summed E-state index contributed by atoms with van der Waals surface area (Å²) in [5.74, 6) is 0. The van der Waals surface area contributed by atoms with Crippen LogP contribution in [0.25, 0.3) is 0 Å². The Hall–Kier alpha value is -0.190. The SMILES string of the molecule is CC(N)c1ccc(N2CCN(C)CC2)c(Cl)c1.Cl.Cl. The van der Waals surface area contributed by atoms with E-state index in [1.165, 1.54) is 0 Å². The lowest BCUT2D eigenvalue weighted by Crippen LogP contribution is -2.44. The van der Waals surface area contributed by atoms with E-state index in [4.69, 9.17) is 17.3 Å². The van der Waals surface area contributed by atoms with E-state index in [-0.39, 0.29) is 30.9 Å². The second-order valence-corrected chi connectivity index (χ2v) is 5.20. The molecule has 0 spiro atoms. The number of piperazine rings is 1. The van der Waals surface area contributed by atoms with Crippen molar-refractivity contribution in [3.05, 3.63) is 28.8 Å². The first kappa shape index (κ1) is 18.8. The molecule has 110 valence electrons. The van der Waals surface area contributed by atoms with E-state index >= 15 is 0 Å². The fraction of sp³-hybridized carbons (Fsp3) is 0.538. The molecule has 1 heterocycles. The second kappa shape index (κ2) is 8.18. The number of nitrogens with two attached hydrogens (primary N) is 1. The minimum atomic E-state index is 0. The maximum Gasteiger partial charge on any atom is 0.0642 e. The Bertz CT molecular complexity index is 391. The number of rotatable bonds is 2. The summed E-state index contributed by atoms with van der Waals surface area (Å²) in [6.45, 7) is 6.22. The lowest BCUT2D eigenvalue weighted by Gasteiger charge is -2.34. The Morgan fingerprint density at radius 3 is 2.21 bits per heavy atom. The topological polar surface area (TPSA) is 32.5 Å². The van der Waals surface area contributed by atoms with Crippen molar-refractivity contribution in [3.63, 3.8) is 0 Å². The summed E-state index contributed by atoms with van der Waals surface area (Å²) >= 11 is 6.33. The standard InChI is InChI=1S/C13H20ClN3.2ClH/c1-10(15)11-3-4-13(12(14)9-11)17-7-5-16(2)6-8-17;;/h3-4,9-10H,5-8,15H2,1-2H3;2*1H. The van der Waals surface area contributed by atoms with Gasteiger partial charge in [-0.15, -0.1) is 24.8 Å². The molecule has 1 fully saturated rings. The Morgan fingerprint density at radius 1 is 1.16 bits per heavy atom. The zero-order chi connectivity index (χ0) is 12.4. The normalized spacial score (nSPS) is 17.4. The zero-order valence-electron chi connectivity index (χ0n) is 11.3. The molecule has 0 aromatic heterocycles. The molecule has 0 amide bonds. The number of halogens is 3. The predicted octanol–water partition coefficient (Wildman–Crippen LogP) is 2.96. The van der Waals surface area contributed by atoms with Crippen LogP contribution in [-0.2, 0) is 0 Å². The summed E-state index contributed by atoms with van der Waals surface area (Å²) in [5.41, 5.74) is 8.07. The highest BCUT2D eigenvalue weighted by molar-refractivity contribution is 6.33. The average Bonchev–Trinajstić information content (AvgIpc) is 2.30. The van der Waals surface area contributed by atoms with Gasteiger partial charge in [0.1, 0.15) is 0 Å². The first-order valence-corrected chi connectivity index (χ1v) is 6.44. The first-order chi connectivity index (χ1) is 8.08. The van der Waals surface area contributed by atoms with Crippen LogP contribution in [0, 0.1) is 0 Å². The lowest BCUT2D eigenvalue weighted by molar-refractivity contribution is 0.313. The van der Waals surface area contributed by atoms with Crippen LogP contribution >= 0.6 is 36.4 Å². The minimum absolute atomic E-state index is 0. The van der Waals surface area contributed by atoms with Crippen LogP contribution in [0.1, 0.15) is 18.5 Å². The molecule has 2 rings (SSSR count). The molecule has 1 saturated heterocycles. The summed E-state index contributed by atoms with van der Waals surface area (Å²) < 4.78 is 0. The molecule has 0 radical (unpaired) electrons. The third-order valence-corrected chi connectivity index (χ3v) is 3.64. The molecule has 19 heavy (non-hydrogen) atoms. The van der Waals surface area contributed by atoms with Crippen molar-refractivity contribution in [1.82, 2.24) is 4.90 Å². The van der Waals surface area contributed by atoms with Crippen LogP contribution in [0.15, 0.2) is 18.2 Å². The highest BCUT2D eigenvalue weighted by Gasteiger charge is 2.16. The van der Waals surface area contributed by atoms with Crippen LogP contribution < -0.4 is 10.6 Å². The van der Waals surface area contributed by atoms with Gasteiger partial charge < -0.3 is 15.5 Å². The molecule has 2 N–H and O–H groups in total. The number of hydrogen-bond donors (Lipinski definition) is 1. The van der Waals surface area contributed by atoms with E-state index in [9.17, 15) is 0 Å². The van der Waals surface area contributed by atoms with Crippen molar-refractivity contribution in [2.75, 3.05) is 38.1 Å². The third-order valence-electron chi connectivity index (χ3n) is 3.34. The zero-order valence-corrected chi connectivity index (χ0v) is 13.7.